The summed E-state index contributed by atoms with van der Waals surface area (Å²) in [6, 6.07) is 0.765. The molecule has 3 rings (SSSR count). The van der Waals surface area contributed by atoms with Crippen LogP contribution in [0.25, 0.3) is 0 Å². The largest absolute Gasteiger partial charge is 0.465 e. The average molecular weight is 310 g/mol. The van der Waals surface area contributed by atoms with Gasteiger partial charge in [-0.1, -0.05) is 6.42 Å². The molecule has 2 saturated heterocycles. The lowest BCUT2D eigenvalue weighted by molar-refractivity contribution is -0.135. The van der Waals surface area contributed by atoms with Crippen molar-refractivity contribution < 1.29 is 14.7 Å². The van der Waals surface area contributed by atoms with E-state index in [1.54, 1.807) is 0 Å². The molecule has 124 valence electrons. The van der Waals surface area contributed by atoms with Crippen molar-refractivity contribution in [3.05, 3.63) is 0 Å². The summed E-state index contributed by atoms with van der Waals surface area (Å²) in [5.41, 5.74) is 0. The zero-order valence-electron chi connectivity index (χ0n) is 13.1. The standard InChI is InChI=1S/C15H26N4O3/c20-14(12-16-4-6-19(7-5-16)15(21)22)18-10-8-17(9-11-18)13-2-1-3-13/h13H,1-12H2,(H,21,22). The van der Waals surface area contributed by atoms with Gasteiger partial charge >= 0.3 is 6.09 Å². The van der Waals surface area contributed by atoms with Crippen LogP contribution in [0.1, 0.15) is 19.3 Å². The molecule has 0 unspecified atom stereocenters. The van der Waals surface area contributed by atoms with E-state index in [2.05, 4.69) is 9.80 Å². The van der Waals surface area contributed by atoms with Gasteiger partial charge < -0.3 is 14.9 Å². The third-order valence-corrected chi connectivity index (χ3v) is 5.26. The highest BCUT2D eigenvalue weighted by atomic mass is 16.4. The topological polar surface area (TPSA) is 67.3 Å². The second kappa shape index (κ2) is 6.83. The van der Waals surface area contributed by atoms with E-state index in [1.165, 1.54) is 24.2 Å². The Bertz CT molecular complexity index is 411. The lowest BCUT2D eigenvalue weighted by Gasteiger charge is -2.43. The molecule has 2 amide bonds. The minimum Gasteiger partial charge on any atom is -0.465 e. The molecule has 0 aromatic heterocycles. The molecule has 3 fully saturated rings. The lowest BCUT2D eigenvalue weighted by atomic mass is 9.91. The van der Waals surface area contributed by atoms with Gasteiger partial charge in [-0.05, 0) is 12.8 Å². The number of amides is 2. The number of piperazine rings is 2. The minimum absolute atomic E-state index is 0.192. The molecule has 0 radical (unpaired) electrons. The van der Waals surface area contributed by atoms with Crippen LogP contribution in [0, 0.1) is 0 Å². The van der Waals surface area contributed by atoms with Gasteiger partial charge in [-0.3, -0.25) is 14.6 Å². The van der Waals surface area contributed by atoms with Crippen LogP contribution >= 0.6 is 0 Å². The Morgan fingerprint density at radius 2 is 1.45 bits per heavy atom. The van der Waals surface area contributed by atoms with E-state index in [-0.39, 0.29) is 5.91 Å². The molecule has 0 atom stereocenters. The average Bonchev–Trinajstić information content (AvgIpc) is 2.46. The second-order valence-electron chi connectivity index (χ2n) is 6.55. The zero-order chi connectivity index (χ0) is 15.5. The first-order valence-corrected chi connectivity index (χ1v) is 8.35. The van der Waals surface area contributed by atoms with Crippen LogP contribution in [0.15, 0.2) is 0 Å². The first-order valence-electron chi connectivity index (χ1n) is 8.35. The van der Waals surface area contributed by atoms with Crippen molar-refractivity contribution in [1.82, 2.24) is 19.6 Å². The Morgan fingerprint density at radius 3 is 1.95 bits per heavy atom. The molecule has 1 N–H and O–H groups in total. The Balaban J connectivity index is 1.38. The van der Waals surface area contributed by atoms with E-state index in [0.29, 0.717) is 32.7 Å². The fraction of sp³-hybridized carbons (Fsp3) is 0.867. The molecule has 2 heterocycles. The van der Waals surface area contributed by atoms with Crippen molar-refractivity contribution in [2.45, 2.75) is 25.3 Å². The smallest absolute Gasteiger partial charge is 0.407 e. The number of hydrogen-bond donors (Lipinski definition) is 1. The summed E-state index contributed by atoms with van der Waals surface area (Å²) in [5.74, 6) is 0.192. The van der Waals surface area contributed by atoms with Crippen LogP contribution in [-0.4, -0.2) is 102 Å². The molecule has 22 heavy (non-hydrogen) atoms. The summed E-state index contributed by atoms with van der Waals surface area (Å²) in [7, 11) is 0. The fourth-order valence-electron chi connectivity index (χ4n) is 3.48. The normalized spacial score (nSPS) is 25.1. The Morgan fingerprint density at radius 1 is 0.864 bits per heavy atom. The summed E-state index contributed by atoms with van der Waals surface area (Å²) in [6.07, 6.45) is 3.13. The number of carboxylic acid groups (broad SMARTS) is 1. The van der Waals surface area contributed by atoms with E-state index in [0.717, 1.165) is 32.2 Å². The number of carbonyl (C=O) groups excluding carboxylic acids is 1. The maximum Gasteiger partial charge on any atom is 0.407 e. The van der Waals surface area contributed by atoms with Gasteiger partial charge in [0.2, 0.25) is 5.91 Å². The molecule has 3 aliphatic rings. The highest BCUT2D eigenvalue weighted by Crippen LogP contribution is 2.25. The SMILES string of the molecule is O=C(O)N1CCN(CC(=O)N2CCN(C3CCC3)CC2)CC1. The number of rotatable bonds is 3. The molecule has 7 heteroatoms. The van der Waals surface area contributed by atoms with E-state index < -0.39 is 6.09 Å². The van der Waals surface area contributed by atoms with E-state index in [4.69, 9.17) is 5.11 Å². The van der Waals surface area contributed by atoms with Gasteiger partial charge in [-0.15, -0.1) is 0 Å². The van der Waals surface area contributed by atoms with E-state index in [9.17, 15) is 9.59 Å². The van der Waals surface area contributed by atoms with Gasteiger partial charge in [0.25, 0.3) is 0 Å². The maximum atomic E-state index is 12.4. The predicted octanol–water partition coefficient (Wildman–Crippen LogP) is -0.0213. The Kier molecular flexibility index (Phi) is 4.83. The van der Waals surface area contributed by atoms with Crippen LogP contribution in [0.3, 0.4) is 0 Å². The van der Waals surface area contributed by atoms with Crippen LogP contribution in [-0.2, 0) is 4.79 Å². The second-order valence-corrected chi connectivity index (χ2v) is 6.55. The van der Waals surface area contributed by atoms with Crippen molar-refractivity contribution >= 4 is 12.0 Å². The van der Waals surface area contributed by atoms with Crippen LogP contribution < -0.4 is 0 Å². The van der Waals surface area contributed by atoms with Crippen LogP contribution in [0.4, 0.5) is 4.79 Å². The highest BCUT2D eigenvalue weighted by Gasteiger charge is 2.30. The molecule has 0 bridgehead atoms. The highest BCUT2D eigenvalue weighted by molar-refractivity contribution is 5.78. The molecule has 0 aromatic carbocycles. The van der Waals surface area contributed by atoms with Crippen molar-refractivity contribution in [3.63, 3.8) is 0 Å². The predicted molar refractivity (Wildman–Crippen MR) is 81.8 cm³/mol. The van der Waals surface area contributed by atoms with Gasteiger partial charge in [0.05, 0.1) is 6.54 Å². The molecule has 2 aliphatic heterocycles. The summed E-state index contributed by atoms with van der Waals surface area (Å²) >= 11 is 0. The quantitative estimate of drug-likeness (QED) is 0.793. The van der Waals surface area contributed by atoms with Crippen molar-refractivity contribution in [2.75, 3.05) is 58.9 Å². The van der Waals surface area contributed by atoms with Gasteiger partial charge in [0, 0.05) is 58.4 Å². The number of carbonyl (C=O) groups is 2. The first-order chi connectivity index (χ1) is 10.6. The zero-order valence-corrected chi connectivity index (χ0v) is 13.1. The van der Waals surface area contributed by atoms with Gasteiger partial charge in [-0.2, -0.15) is 0 Å². The third-order valence-electron chi connectivity index (χ3n) is 5.26. The van der Waals surface area contributed by atoms with Crippen LogP contribution in [0.2, 0.25) is 0 Å². The van der Waals surface area contributed by atoms with Gasteiger partial charge in [0.1, 0.15) is 0 Å². The molecule has 0 aromatic rings. The Hall–Kier alpha value is -1.34. The van der Waals surface area contributed by atoms with E-state index in [1.807, 2.05) is 4.90 Å². The van der Waals surface area contributed by atoms with E-state index >= 15 is 0 Å². The lowest BCUT2D eigenvalue weighted by Crippen LogP contribution is -2.56. The molecular weight excluding hydrogens is 284 g/mol. The van der Waals surface area contributed by atoms with Crippen molar-refractivity contribution in [2.24, 2.45) is 0 Å². The summed E-state index contributed by atoms with van der Waals surface area (Å²) in [6.45, 7) is 6.41. The summed E-state index contributed by atoms with van der Waals surface area (Å²) in [4.78, 5) is 31.2. The molecule has 1 saturated carbocycles. The number of hydrogen-bond acceptors (Lipinski definition) is 4. The summed E-state index contributed by atoms with van der Waals surface area (Å²) in [5, 5.41) is 8.93. The molecule has 1 aliphatic carbocycles. The monoisotopic (exact) mass is 310 g/mol. The Labute approximate surface area is 131 Å². The van der Waals surface area contributed by atoms with Crippen molar-refractivity contribution in [3.8, 4) is 0 Å². The molecular formula is C15H26N4O3. The summed E-state index contributed by atoms with van der Waals surface area (Å²) < 4.78 is 0. The molecule has 0 spiro atoms. The van der Waals surface area contributed by atoms with Crippen LogP contribution in [0.5, 0.6) is 0 Å². The van der Waals surface area contributed by atoms with Crippen molar-refractivity contribution in [1.29, 1.82) is 0 Å². The van der Waals surface area contributed by atoms with Gasteiger partial charge in [-0.25, -0.2) is 4.79 Å². The third kappa shape index (κ3) is 3.52. The first kappa shape index (κ1) is 15.6. The minimum atomic E-state index is -0.863. The maximum absolute atomic E-state index is 12.4. The number of nitrogens with zero attached hydrogens (tertiary/aromatic N) is 4. The molecule has 7 nitrogen and oxygen atoms in total. The van der Waals surface area contributed by atoms with Gasteiger partial charge in [0.15, 0.2) is 0 Å². The fourth-order valence-corrected chi connectivity index (χ4v) is 3.48.